The van der Waals surface area contributed by atoms with Gasteiger partial charge in [-0.3, -0.25) is 4.79 Å². The lowest BCUT2D eigenvalue weighted by atomic mass is 10.2. The lowest BCUT2D eigenvalue weighted by Crippen LogP contribution is -2.13. The highest BCUT2D eigenvalue weighted by Crippen LogP contribution is 2.40. The number of aliphatic hydroxyl groups excluding tert-OH is 1. The highest BCUT2D eigenvalue weighted by atomic mass is 32.1. The summed E-state index contributed by atoms with van der Waals surface area (Å²) in [7, 11) is 1.57. The van der Waals surface area contributed by atoms with Gasteiger partial charge in [-0.2, -0.15) is 0 Å². The normalized spacial score (nSPS) is 11.0. The third-order valence-electron chi connectivity index (χ3n) is 5.55. The number of aliphatic hydroxyl groups is 1. The molecule has 0 saturated carbocycles. The molecule has 36 heavy (non-hydrogen) atoms. The number of nitrogens with zero attached hydrogens (tertiary/aromatic N) is 3. The number of hydrogen-bond donors (Lipinski definition) is 3. The van der Waals surface area contributed by atoms with Gasteiger partial charge in [-0.05, 0) is 32.0 Å². The largest absolute Gasteiger partial charge is 0.496 e. The van der Waals surface area contributed by atoms with Gasteiger partial charge < -0.3 is 29.8 Å². The molecule has 4 rings (SSSR count). The molecule has 11 heteroatoms. The fourth-order valence-corrected chi connectivity index (χ4v) is 4.92. The van der Waals surface area contributed by atoms with Crippen LogP contribution < -0.4 is 20.1 Å². The molecule has 3 N–H and O–H groups in total. The maximum Gasteiger partial charge on any atom is 0.227 e. The van der Waals surface area contributed by atoms with Crippen molar-refractivity contribution in [2.24, 2.45) is 0 Å². The molecule has 1 aromatic carbocycles. The van der Waals surface area contributed by atoms with Gasteiger partial charge >= 0.3 is 0 Å². The van der Waals surface area contributed by atoms with Crippen LogP contribution in [0, 0.1) is 12.7 Å². The Morgan fingerprint density at radius 3 is 2.81 bits per heavy atom. The van der Waals surface area contributed by atoms with Crippen LogP contribution >= 0.6 is 11.3 Å². The minimum absolute atomic E-state index is 0.00715. The number of carbonyl (C=O) groups is 1. The molecule has 3 aromatic heterocycles. The summed E-state index contributed by atoms with van der Waals surface area (Å²) in [5.41, 5.74) is 2.10. The van der Waals surface area contributed by atoms with Crippen molar-refractivity contribution in [1.29, 1.82) is 0 Å². The molecule has 0 spiro atoms. The second-order valence-corrected chi connectivity index (χ2v) is 8.98. The topological polar surface area (TPSA) is 111 Å². The van der Waals surface area contributed by atoms with Gasteiger partial charge in [0.2, 0.25) is 5.91 Å². The predicted octanol–water partition coefficient (Wildman–Crippen LogP) is 4.45. The van der Waals surface area contributed by atoms with Crippen LogP contribution in [-0.2, 0) is 11.3 Å². The molecule has 0 saturated heterocycles. The Hall–Kier alpha value is -3.70. The smallest absolute Gasteiger partial charge is 0.227 e. The molecule has 0 bridgehead atoms. The number of anilines is 2. The Bertz CT molecular complexity index is 1370. The highest BCUT2D eigenvalue weighted by Gasteiger charge is 2.16. The van der Waals surface area contributed by atoms with E-state index in [9.17, 15) is 9.18 Å². The first-order valence-corrected chi connectivity index (χ1v) is 12.3. The van der Waals surface area contributed by atoms with E-state index in [2.05, 4.69) is 20.6 Å². The minimum Gasteiger partial charge on any atom is -0.496 e. The third kappa shape index (κ3) is 5.42. The first kappa shape index (κ1) is 25.4. The van der Waals surface area contributed by atoms with Crippen LogP contribution in [0.5, 0.6) is 11.5 Å². The van der Waals surface area contributed by atoms with E-state index >= 15 is 0 Å². The Morgan fingerprint density at radius 1 is 1.22 bits per heavy atom. The summed E-state index contributed by atoms with van der Waals surface area (Å²) in [5.74, 6) is 1.20. The van der Waals surface area contributed by atoms with E-state index in [1.807, 2.05) is 36.6 Å². The summed E-state index contributed by atoms with van der Waals surface area (Å²) in [4.78, 5) is 21.4. The van der Waals surface area contributed by atoms with Crippen molar-refractivity contribution in [3.8, 4) is 22.1 Å². The summed E-state index contributed by atoms with van der Waals surface area (Å²) in [6.07, 6.45) is 1.47. The standard InChI is InChI=1S/C25H28FN5O4S/c1-4-35-20-13-21(36-25(20)30-23(33)7-10-32)18-12-22(29-14-28-18)27-8-9-31-15(2)11-16-19(34-3)6-5-17(26)24(16)31/h5-6,11-14,32H,4,7-10H2,1-3H3,(H,30,33)(H,27,28,29). The first-order valence-electron chi connectivity index (χ1n) is 11.5. The molecule has 0 fully saturated rings. The number of methoxy groups -OCH3 is 1. The van der Waals surface area contributed by atoms with Crippen molar-refractivity contribution < 1.29 is 23.8 Å². The number of benzene rings is 1. The number of thiophene rings is 1. The van der Waals surface area contributed by atoms with Gasteiger partial charge in [0.25, 0.3) is 0 Å². The number of aryl methyl sites for hydroxylation is 1. The van der Waals surface area contributed by atoms with Crippen molar-refractivity contribution in [2.45, 2.75) is 26.8 Å². The van der Waals surface area contributed by atoms with Gasteiger partial charge in [-0.15, -0.1) is 11.3 Å². The SMILES string of the molecule is CCOc1cc(-c2cc(NCCn3c(C)cc4c(OC)ccc(F)c43)ncn2)sc1NC(=O)CCO. The van der Waals surface area contributed by atoms with E-state index in [4.69, 9.17) is 14.6 Å². The van der Waals surface area contributed by atoms with Gasteiger partial charge in [0.15, 0.2) is 5.75 Å². The predicted molar refractivity (Wildman–Crippen MR) is 139 cm³/mol. The zero-order chi connectivity index (χ0) is 25.7. The summed E-state index contributed by atoms with van der Waals surface area (Å²) in [6, 6.07) is 8.60. The van der Waals surface area contributed by atoms with E-state index in [1.165, 1.54) is 23.7 Å². The number of hydrogen-bond acceptors (Lipinski definition) is 8. The maximum atomic E-state index is 14.6. The molecule has 190 valence electrons. The van der Waals surface area contributed by atoms with E-state index in [1.54, 1.807) is 13.2 Å². The zero-order valence-corrected chi connectivity index (χ0v) is 21.1. The van der Waals surface area contributed by atoms with E-state index < -0.39 is 0 Å². The fourth-order valence-electron chi connectivity index (χ4n) is 3.93. The number of aromatic nitrogens is 3. The maximum absolute atomic E-state index is 14.6. The molecule has 4 aromatic rings. The van der Waals surface area contributed by atoms with E-state index in [-0.39, 0.29) is 24.8 Å². The second-order valence-electron chi connectivity index (χ2n) is 7.92. The Labute approximate surface area is 211 Å². The van der Waals surface area contributed by atoms with Crippen LogP contribution in [0.2, 0.25) is 0 Å². The molecule has 1 amide bonds. The molecule has 0 aliphatic heterocycles. The monoisotopic (exact) mass is 513 g/mol. The molecule has 0 unspecified atom stereocenters. The summed E-state index contributed by atoms with van der Waals surface area (Å²) in [5, 5.41) is 16.4. The van der Waals surface area contributed by atoms with Gasteiger partial charge in [0, 0.05) is 36.3 Å². The number of halogens is 1. The molecular formula is C25H28FN5O4S. The van der Waals surface area contributed by atoms with Crippen molar-refractivity contribution in [3.63, 3.8) is 0 Å². The van der Waals surface area contributed by atoms with Crippen LogP contribution in [-0.4, -0.2) is 52.4 Å². The van der Waals surface area contributed by atoms with Crippen LogP contribution in [0.3, 0.4) is 0 Å². The van der Waals surface area contributed by atoms with Gasteiger partial charge in [0.05, 0.1) is 42.8 Å². The van der Waals surface area contributed by atoms with Crippen LogP contribution in [0.1, 0.15) is 19.0 Å². The van der Waals surface area contributed by atoms with Crippen LogP contribution in [0.4, 0.5) is 15.2 Å². The first-order chi connectivity index (χ1) is 17.4. The quantitative estimate of drug-likeness (QED) is 0.272. The van der Waals surface area contributed by atoms with Crippen LogP contribution in [0.25, 0.3) is 21.5 Å². The molecular weight excluding hydrogens is 485 g/mol. The van der Waals surface area contributed by atoms with Crippen molar-refractivity contribution in [1.82, 2.24) is 14.5 Å². The summed E-state index contributed by atoms with van der Waals surface area (Å²) >= 11 is 1.33. The molecule has 0 aliphatic rings. The lowest BCUT2D eigenvalue weighted by Gasteiger charge is -2.11. The Morgan fingerprint density at radius 2 is 2.06 bits per heavy atom. The zero-order valence-electron chi connectivity index (χ0n) is 20.3. The number of nitrogens with one attached hydrogen (secondary N) is 2. The van der Waals surface area contributed by atoms with Gasteiger partial charge in [-0.25, -0.2) is 14.4 Å². The highest BCUT2D eigenvalue weighted by molar-refractivity contribution is 7.20. The molecule has 0 aliphatic carbocycles. The number of fused-ring (bicyclic) bond motifs is 1. The van der Waals surface area contributed by atoms with Crippen molar-refractivity contribution in [2.75, 3.05) is 37.5 Å². The number of ether oxygens (including phenoxy) is 2. The lowest BCUT2D eigenvalue weighted by molar-refractivity contribution is -0.116. The van der Waals surface area contributed by atoms with Crippen LogP contribution in [0.15, 0.2) is 36.7 Å². The summed E-state index contributed by atoms with van der Waals surface area (Å²) in [6.45, 7) is 5.04. The third-order valence-corrected chi connectivity index (χ3v) is 6.60. The summed E-state index contributed by atoms with van der Waals surface area (Å²) < 4.78 is 27.6. The molecule has 0 atom stereocenters. The molecule has 0 radical (unpaired) electrons. The molecule has 9 nitrogen and oxygen atoms in total. The fraction of sp³-hybridized carbons (Fsp3) is 0.320. The van der Waals surface area contributed by atoms with Crippen molar-refractivity contribution >= 4 is 39.0 Å². The number of amides is 1. The van der Waals surface area contributed by atoms with E-state index in [0.717, 1.165) is 16.0 Å². The minimum atomic E-state index is -0.298. The average molecular weight is 514 g/mol. The average Bonchev–Trinajstić information content (AvgIpc) is 3.41. The van der Waals surface area contributed by atoms with E-state index in [0.29, 0.717) is 53.2 Å². The number of rotatable bonds is 11. The van der Waals surface area contributed by atoms with Crippen molar-refractivity contribution in [3.05, 3.63) is 48.2 Å². The van der Waals surface area contributed by atoms with Gasteiger partial charge in [-0.1, -0.05) is 0 Å². The Kier molecular flexibility index (Phi) is 8.01. The second kappa shape index (κ2) is 11.4. The van der Waals surface area contributed by atoms with Gasteiger partial charge in [0.1, 0.15) is 28.7 Å². The number of carbonyl (C=O) groups excluding carboxylic acids is 1. The Balaban J connectivity index is 1.50. The molecule has 3 heterocycles.